The highest BCUT2D eigenvalue weighted by Crippen LogP contribution is 2.27. The highest BCUT2D eigenvalue weighted by Gasteiger charge is 2.13. The number of aliphatic hydroxyl groups excluding tert-OH is 1. The zero-order chi connectivity index (χ0) is 18.1. The van der Waals surface area contributed by atoms with Gasteiger partial charge in [0.15, 0.2) is 0 Å². The second kappa shape index (κ2) is 10.4. The van der Waals surface area contributed by atoms with Crippen LogP contribution in [0.15, 0.2) is 53.0 Å². The van der Waals surface area contributed by atoms with Gasteiger partial charge in [-0.3, -0.25) is 4.79 Å². The van der Waals surface area contributed by atoms with Crippen LogP contribution >= 0.6 is 27.5 Å². The molecule has 0 aromatic heterocycles. The van der Waals surface area contributed by atoms with Crippen LogP contribution in [0.4, 0.5) is 0 Å². The van der Waals surface area contributed by atoms with Gasteiger partial charge in [-0.15, -0.1) is 0 Å². The van der Waals surface area contributed by atoms with Crippen LogP contribution in [0.3, 0.4) is 0 Å². The zero-order valence-corrected chi connectivity index (χ0v) is 16.2. The second-order valence-corrected chi connectivity index (χ2v) is 6.87. The molecule has 0 saturated carbocycles. The standard InChI is InChI=1S/C19H21BrClNO3/c20-16-8-9-18(17(21)13-16)25-12-4-7-19(24)22(10-11-23)14-15-5-2-1-3-6-15/h1-3,5-6,8-9,13,23H,4,7,10-12,14H2. The monoisotopic (exact) mass is 425 g/mol. The van der Waals surface area contributed by atoms with Gasteiger partial charge in [0.05, 0.1) is 18.2 Å². The number of ether oxygens (including phenoxy) is 1. The molecular weight excluding hydrogens is 406 g/mol. The van der Waals surface area contributed by atoms with Crippen LogP contribution < -0.4 is 4.74 Å². The highest BCUT2D eigenvalue weighted by molar-refractivity contribution is 9.10. The van der Waals surface area contributed by atoms with Crippen molar-refractivity contribution >= 4 is 33.4 Å². The number of carbonyl (C=O) groups excluding carboxylic acids is 1. The molecule has 4 nitrogen and oxygen atoms in total. The van der Waals surface area contributed by atoms with Crippen LogP contribution in [0.2, 0.25) is 5.02 Å². The predicted molar refractivity (Wildman–Crippen MR) is 103 cm³/mol. The third-order valence-electron chi connectivity index (χ3n) is 3.63. The Labute approximate surface area is 161 Å². The summed E-state index contributed by atoms with van der Waals surface area (Å²) in [6.45, 7) is 1.18. The van der Waals surface area contributed by atoms with Crippen molar-refractivity contribution < 1.29 is 14.6 Å². The van der Waals surface area contributed by atoms with E-state index in [0.29, 0.717) is 43.3 Å². The number of rotatable bonds is 9. The van der Waals surface area contributed by atoms with Crippen LogP contribution in [0.25, 0.3) is 0 Å². The van der Waals surface area contributed by atoms with Crippen molar-refractivity contribution in [2.45, 2.75) is 19.4 Å². The lowest BCUT2D eigenvalue weighted by atomic mass is 10.2. The van der Waals surface area contributed by atoms with E-state index in [1.807, 2.05) is 36.4 Å². The number of aliphatic hydroxyl groups is 1. The summed E-state index contributed by atoms with van der Waals surface area (Å²) < 4.78 is 6.52. The molecular formula is C19H21BrClNO3. The van der Waals surface area contributed by atoms with Crippen LogP contribution in [0.1, 0.15) is 18.4 Å². The maximum absolute atomic E-state index is 12.4. The minimum Gasteiger partial charge on any atom is -0.492 e. The van der Waals surface area contributed by atoms with Crippen molar-refractivity contribution in [3.8, 4) is 5.75 Å². The van der Waals surface area contributed by atoms with Crippen molar-refractivity contribution in [1.29, 1.82) is 0 Å². The molecule has 0 bridgehead atoms. The summed E-state index contributed by atoms with van der Waals surface area (Å²) in [6, 6.07) is 15.2. The van der Waals surface area contributed by atoms with Crippen LogP contribution in [-0.2, 0) is 11.3 Å². The van der Waals surface area contributed by atoms with Crippen LogP contribution in [0, 0.1) is 0 Å². The van der Waals surface area contributed by atoms with Crippen molar-refractivity contribution in [2.75, 3.05) is 19.8 Å². The molecule has 6 heteroatoms. The van der Waals surface area contributed by atoms with Crippen molar-refractivity contribution in [2.24, 2.45) is 0 Å². The Morgan fingerprint density at radius 1 is 1.20 bits per heavy atom. The number of amides is 1. The molecule has 1 N–H and O–H groups in total. The van der Waals surface area contributed by atoms with Crippen molar-refractivity contribution in [3.05, 3.63) is 63.6 Å². The minimum atomic E-state index is -0.0520. The van der Waals surface area contributed by atoms with Gasteiger partial charge >= 0.3 is 0 Å². The lowest BCUT2D eigenvalue weighted by Gasteiger charge is -2.22. The fourth-order valence-corrected chi connectivity index (χ4v) is 3.10. The Morgan fingerprint density at radius 3 is 2.64 bits per heavy atom. The van der Waals surface area contributed by atoms with Crippen LogP contribution in [-0.4, -0.2) is 35.7 Å². The molecule has 25 heavy (non-hydrogen) atoms. The summed E-state index contributed by atoms with van der Waals surface area (Å²) in [5.74, 6) is 0.609. The first kappa shape index (κ1) is 19.8. The molecule has 2 rings (SSSR count). The Balaban J connectivity index is 1.80. The maximum Gasteiger partial charge on any atom is 0.223 e. The molecule has 0 spiro atoms. The maximum atomic E-state index is 12.4. The first-order valence-electron chi connectivity index (χ1n) is 8.10. The minimum absolute atomic E-state index is 0.00315. The molecule has 1 amide bonds. The van der Waals surface area contributed by atoms with Gasteiger partial charge < -0.3 is 14.7 Å². The van der Waals surface area contributed by atoms with Gasteiger partial charge in [0, 0.05) is 24.0 Å². The molecule has 0 atom stereocenters. The van der Waals surface area contributed by atoms with Gasteiger partial charge in [-0.2, -0.15) is 0 Å². The molecule has 0 aliphatic heterocycles. The zero-order valence-electron chi connectivity index (χ0n) is 13.8. The summed E-state index contributed by atoms with van der Waals surface area (Å²) in [5, 5.41) is 9.73. The average molecular weight is 427 g/mol. The number of halogens is 2. The van der Waals surface area contributed by atoms with E-state index in [0.717, 1.165) is 10.0 Å². The first-order valence-corrected chi connectivity index (χ1v) is 9.27. The summed E-state index contributed by atoms with van der Waals surface area (Å²) in [6.07, 6.45) is 0.947. The number of hydrogen-bond acceptors (Lipinski definition) is 3. The normalized spacial score (nSPS) is 10.5. The highest BCUT2D eigenvalue weighted by atomic mass is 79.9. The van der Waals surface area contributed by atoms with Crippen molar-refractivity contribution in [1.82, 2.24) is 4.90 Å². The number of carbonyl (C=O) groups is 1. The summed E-state index contributed by atoms with van der Waals surface area (Å²) >= 11 is 9.44. The molecule has 134 valence electrons. The Bertz CT molecular complexity index is 682. The van der Waals surface area contributed by atoms with E-state index in [9.17, 15) is 9.90 Å². The quantitative estimate of drug-likeness (QED) is 0.609. The van der Waals surface area contributed by atoms with Gasteiger partial charge in [-0.25, -0.2) is 0 Å². The SMILES string of the molecule is O=C(CCCOc1ccc(Br)cc1Cl)N(CCO)Cc1ccccc1. The first-order chi connectivity index (χ1) is 12.1. The van der Waals surface area contributed by atoms with E-state index >= 15 is 0 Å². The molecule has 0 aliphatic rings. The summed E-state index contributed by atoms with van der Waals surface area (Å²) in [5.41, 5.74) is 1.04. The largest absolute Gasteiger partial charge is 0.492 e. The van der Waals surface area contributed by atoms with Gasteiger partial charge in [-0.05, 0) is 30.2 Å². The lowest BCUT2D eigenvalue weighted by molar-refractivity contribution is -0.132. The fraction of sp³-hybridized carbons (Fsp3) is 0.316. The van der Waals surface area contributed by atoms with E-state index in [2.05, 4.69) is 15.9 Å². The van der Waals surface area contributed by atoms with E-state index < -0.39 is 0 Å². The summed E-state index contributed by atoms with van der Waals surface area (Å²) in [7, 11) is 0. The Hall–Kier alpha value is -1.56. The van der Waals surface area contributed by atoms with E-state index in [4.69, 9.17) is 16.3 Å². The van der Waals surface area contributed by atoms with E-state index in [1.54, 1.807) is 17.0 Å². The van der Waals surface area contributed by atoms with Crippen LogP contribution in [0.5, 0.6) is 5.75 Å². The van der Waals surface area contributed by atoms with Gasteiger partial charge in [-0.1, -0.05) is 57.9 Å². The van der Waals surface area contributed by atoms with Gasteiger partial charge in [0.1, 0.15) is 5.75 Å². The molecule has 2 aromatic carbocycles. The van der Waals surface area contributed by atoms with E-state index in [1.165, 1.54) is 0 Å². The van der Waals surface area contributed by atoms with Crippen molar-refractivity contribution in [3.63, 3.8) is 0 Å². The van der Waals surface area contributed by atoms with Gasteiger partial charge in [0.25, 0.3) is 0 Å². The fourth-order valence-electron chi connectivity index (χ4n) is 2.37. The molecule has 0 radical (unpaired) electrons. The molecule has 0 aliphatic carbocycles. The average Bonchev–Trinajstić information content (AvgIpc) is 2.60. The predicted octanol–water partition coefficient (Wildman–Crippen LogP) is 4.28. The number of benzene rings is 2. The molecule has 2 aromatic rings. The number of nitrogens with zero attached hydrogens (tertiary/aromatic N) is 1. The second-order valence-electron chi connectivity index (χ2n) is 5.55. The van der Waals surface area contributed by atoms with Gasteiger partial charge in [0.2, 0.25) is 5.91 Å². The number of hydrogen-bond donors (Lipinski definition) is 1. The third kappa shape index (κ3) is 6.69. The molecule has 0 heterocycles. The Kier molecular flexibility index (Phi) is 8.25. The summed E-state index contributed by atoms with van der Waals surface area (Å²) in [4.78, 5) is 14.1. The molecule has 0 unspecified atom stereocenters. The Morgan fingerprint density at radius 2 is 1.96 bits per heavy atom. The van der Waals surface area contributed by atoms with E-state index in [-0.39, 0.29) is 12.5 Å². The molecule has 0 fully saturated rings. The third-order valence-corrected chi connectivity index (χ3v) is 4.41. The smallest absolute Gasteiger partial charge is 0.223 e. The lowest BCUT2D eigenvalue weighted by Crippen LogP contribution is -2.33. The topological polar surface area (TPSA) is 49.8 Å². The molecule has 0 saturated heterocycles.